The van der Waals surface area contributed by atoms with E-state index in [0.717, 1.165) is 87.1 Å². The normalized spacial score (nSPS) is 23.8. The number of rotatable bonds is 9. The molecule has 0 unspecified atom stereocenters. The zero-order valence-electron chi connectivity index (χ0n) is 31.1. The maximum atomic E-state index is 15.9. The average Bonchev–Trinajstić information content (AvgIpc) is 3.64. The molecular formula is C41H45ClFN9O4. The van der Waals surface area contributed by atoms with Gasteiger partial charge in [-0.1, -0.05) is 17.7 Å². The highest BCUT2D eigenvalue weighted by Crippen LogP contribution is 2.35. The van der Waals surface area contributed by atoms with Crippen molar-refractivity contribution in [3.8, 4) is 11.8 Å². The first-order valence-electron chi connectivity index (χ1n) is 19.6. The zero-order valence-corrected chi connectivity index (χ0v) is 31.8. The number of ether oxygens (including phenoxy) is 1. The van der Waals surface area contributed by atoms with Crippen molar-refractivity contribution >= 4 is 51.9 Å². The van der Waals surface area contributed by atoms with Crippen LogP contribution >= 0.6 is 11.6 Å². The standard InChI is InChI=1S/C41H45ClFN9O4/c42-32-22-30(7-4-27(32)23-44)56-29-8-5-28(6-9-29)45-40(54)34-10-11-38(48-47-34)50-18-12-26(13-19-50)24-49-17-15-37(33(43)25-49)51-20-14-31-35(51)2-1-3-36(31)52-21-16-39(53)46-41(52)55/h1-4,7,10-11,14,20,22,26,28-29,33,37H,5-6,8-9,12-13,15-19,21,24-25H2,(H,45,54)(H,46,53,55)/t28-,29-,33-,37-/m1/s1. The number of fused-ring (bicyclic) bond motifs is 1. The van der Waals surface area contributed by atoms with Crippen LogP contribution < -0.4 is 25.2 Å². The second-order valence-corrected chi connectivity index (χ2v) is 15.8. The Bertz CT molecular complexity index is 2130. The maximum Gasteiger partial charge on any atom is 0.328 e. The molecule has 4 fully saturated rings. The second-order valence-electron chi connectivity index (χ2n) is 15.3. The van der Waals surface area contributed by atoms with Gasteiger partial charge in [0.15, 0.2) is 11.5 Å². The monoisotopic (exact) mass is 781 g/mol. The lowest BCUT2D eigenvalue weighted by Crippen LogP contribution is -2.49. The molecule has 2 N–H and O–H groups in total. The van der Waals surface area contributed by atoms with E-state index in [1.54, 1.807) is 29.2 Å². The molecule has 2 aromatic carbocycles. The Balaban J connectivity index is 0.774. The quantitative estimate of drug-likeness (QED) is 0.208. The fraction of sp³-hybridized carbons (Fsp3) is 0.463. The van der Waals surface area contributed by atoms with Gasteiger partial charge in [-0.05, 0) is 93.3 Å². The van der Waals surface area contributed by atoms with Crippen LogP contribution in [0.25, 0.3) is 10.9 Å². The molecule has 292 valence electrons. The van der Waals surface area contributed by atoms with Crippen molar-refractivity contribution < 1.29 is 23.5 Å². The summed E-state index contributed by atoms with van der Waals surface area (Å²) in [6, 6.07) is 17.7. The van der Waals surface area contributed by atoms with Crippen LogP contribution in [0.3, 0.4) is 0 Å². The van der Waals surface area contributed by atoms with Gasteiger partial charge in [0.05, 0.1) is 33.9 Å². The summed E-state index contributed by atoms with van der Waals surface area (Å²) in [5.41, 5.74) is 2.31. The lowest BCUT2D eigenvalue weighted by Gasteiger charge is -2.39. The molecule has 3 saturated heterocycles. The highest BCUT2D eigenvalue weighted by molar-refractivity contribution is 6.31. The number of hydrogen-bond acceptors (Lipinski definition) is 9. The minimum Gasteiger partial charge on any atom is -0.490 e. The predicted molar refractivity (Wildman–Crippen MR) is 210 cm³/mol. The minimum absolute atomic E-state index is 0.0171. The van der Waals surface area contributed by atoms with Crippen LogP contribution in [0.4, 0.5) is 20.7 Å². The molecule has 1 saturated carbocycles. The number of amides is 4. The Morgan fingerprint density at radius 3 is 2.52 bits per heavy atom. The number of benzene rings is 2. The maximum absolute atomic E-state index is 15.9. The number of carbonyl (C=O) groups is 3. The smallest absolute Gasteiger partial charge is 0.328 e. The van der Waals surface area contributed by atoms with Gasteiger partial charge >= 0.3 is 6.03 Å². The Morgan fingerprint density at radius 2 is 1.80 bits per heavy atom. The van der Waals surface area contributed by atoms with Crippen molar-refractivity contribution in [2.45, 2.75) is 75.7 Å². The van der Waals surface area contributed by atoms with Gasteiger partial charge in [-0.2, -0.15) is 5.26 Å². The van der Waals surface area contributed by atoms with Crippen molar-refractivity contribution in [3.05, 3.63) is 77.1 Å². The first-order chi connectivity index (χ1) is 27.2. The molecule has 4 aromatic rings. The number of piperidine rings is 2. The van der Waals surface area contributed by atoms with E-state index in [9.17, 15) is 14.4 Å². The molecule has 2 atom stereocenters. The number of halogens is 2. The van der Waals surface area contributed by atoms with Gasteiger partial charge in [-0.25, -0.2) is 9.18 Å². The van der Waals surface area contributed by atoms with E-state index >= 15 is 4.39 Å². The van der Waals surface area contributed by atoms with Crippen LogP contribution in [0.2, 0.25) is 5.02 Å². The third kappa shape index (κ3) is 8.15. The van der Waals surface area contributed by atoms with E-state index in [1.165, 1.54) is 0 Å². The lowest BCUT2D eigenvalue weighted by atomic mass is 9.92. The number of aromatic nitrogens is 3. The van der Waals surface area contributed by atoms with Gasteiger partial charge in [0, 0.05) is 69.4 Å². The summed E-state index contributed by atoms with van der Waals surface area (Å²) in [7, 11) is 0. The molecule has 4 aliphatic rings. The highest BCUT2D eigenvalue weighted by atomic mass is 35.5. The van der Waals surface area contributed by atoms with E-state index in [4.69, 9.17) is 21.6 Å². The Labute approximate surface area is 329 Å². The number of urea groups is 1. The molecular weight excluding hydrogens is 737 g/mol. The number of imide groups is 1. The molecule has 4 amide bonds. The molecule has 15 heteroatoms. The molecule has 8 rings (SSSR count). The highest BCUT2D eigenvalue weighted by Gasteiger charge is 2.34. The number of nitrogens with one attached hydrogen (secondary N) is 2. The molecule has 2 aromatic heterocycles. The van der Waals surface area contributed by atoms with Crippen LogP contribution in [0.1, 0.15) is 73.5 Å². The summed E-state index contributed by atoms with van der Waals surface area (Å²) in [6.45, 7) is 3.99. The molecule has 56 heavy (non-hydrogen) atoms. The summed E-state index contributed by atoms with van der Waals surface area (Å²) >= 11 is 6.14. The second kappa shape index (κ2) is 16.5. The van der Waals surface area contributed by atoms with Gasteiger partial charge in [0.2, 0.25) is 5.91 Å². The van der Waals surface area contributed by atoms with Crippen molar-refractivity contribution in [1.29, 1.82) is 5.26 Å². The average molecular weight is 782 g/mol. The third-order valence-electron chi connectivity index (χ3n) is 11.7. The number of anilines is 2. The van der Waals surface area contributed by atoms with Crippen LogP contribution in [0.5, 0.6) is 5.75 Å². The van der Waals surface area contributed by atoms with Gasteiger partial charge < -0.3 is 24.4 Å². The van der Waals surface area contributed by atoms with E-state index in [2.05, 4.69) is 36.7 Å². The molecule has 5 heterocycles. The van der Waals surface area contributed by atoms with Crippen molar-refractivity contribution in [3.63, 3.8) is 0 Å². The number of carbonyl (C=O) groups excluding carboxylic acids is 3. The zero-order chi connectivity index (χ0) is 38.8. The Morgan fingerprint density at radius 1 is 0.982 bits per heavy atom. The summed E-state index contributed by atoms with van der Waals surface area (Å²) < 4.78 is 24.0. The van der Waals surface area contributed by atoms with Crippen molar-refractivity contribution in [2.75, 3.05) is 49.1 Å². The predicted octanol–water partition coefficient (Wildman–Crippen LogP) is 6.02. The number of nitriles is 1. The molecule has 0 spiro atoms. The van der Waals surface area contributed by atoms with Gasteiger partial charge in [0.1, 0.15) is 18.0 Å². The number of nitrogens with zero attached hydrogens (tertiary/aromatic N) is 7. The van der Waals surface area contributed by atoms with Crippen molar-refractivity contribution in [2.24, 2.45) is 5.92 Å². The fourth-order valence-electron chi connectivity index (χ4n) is 8.69. The summed E-state index contributed by atoms with van der Waals surface area (Å²) in [5, 5.41) is 24.5. The van der Waals surface area contributed by atoms with Crippen LogP contribution in [0.15, 0.2) is 60.8 Å². The Hall–Kier alpha value is -5.26. The SMILES string of the molecule is N#Cc1ccc(O[C@H]2CC[C@H](NC(=O)c3ccc(N4CCC(CN5CC[C@@H](n6ccc7c(N8CCC(=O)NC8=O)cccc76)[C@H](F)C5)CC4)nn3)CC2)cc1Cl. The molecule has 0 radical (unpaired) electrons. The lowest BCUT2D eigenvalue weighted by molar-refractivity contribution is -0.120. The van der Waals surface area contributed by atoms with E-state index in [0.29, 0.717) is 47.5 Å². The summed E-state index contributed by atoms with van der Waals surface area (Å²) in [4.78, 5) is 43.3. The summed E-state index contributed by atoms with van der Waals surface area (Å²) in [5.74, 6) is 1.33. The van der Waals surface area contributed by atoms with E-state index in [-0.39, 0.29) is 36.4 Å². The number of hydrogen-bond donors (Lipinski definition) is 2. The fourth-order valence-corrected chi connectivity index (χ4v) is 8.90. The number of likely N-dealkylation sites (tertiary alicyclic amines) is 1. The topological polar surface area (TPSA) is 149 Å². The Kier molecular flexibility index (Phi) is 11.1. The van der Waals surface area contributed by atoms with Crippen molar-refractivity contribution in [1.82, 2.24) is 30.3 Å². The van der Waals surface area contributed by atoms with Gasteiger partial charge in [-0.15, -0.1) is 10.2 Å². The minimum atomic E-state index is -1.03. The van der Waals surface area contributed by atoms with E-state index < -0.39 is 12.2 Å². The number of alkyl halides is 1. The van der Waals surface area contributed by atoms with E-state index in [1.807, 2.05) is 41.1 Å². The first-order valence-corrected chi connectivity index (χ1v) is 19.9. The first kappa shape index (κ1) is 37.7. The third-order valence-corrected chi connectivity index (χ3v) is 12.1. The van der Waals surface area contributed by atoms with Gasteiger partial charge in [0.25, 0.3) is 5.91 Å². The van der Waals surface area contributed by atoms with Crippen LogP contribution in [0, 0.1) is 17.2 Å². The van der Waals surface area contributed by atoms with Crippen LogP contribution in [-0.4, -0.2) is 95.1 Å². The molecule has 0 bridgehead atoms. The largest absolute Gasteiger partial charge is 0.490 e. The summed E-state index contributed by atoms with van der Waals surface area (Å²) in [6.07, 6.45) is 6.91. The molecule has 1 aliphatic carbocycles. The van der Waals surface area contributed by atoms with Crippen LogP contribution in [-0.2, 0) is 4.79 Å². The van der Waals surface area contributed by atoms with Gasteiger partial charge in [-0.3, -0.25) is 19.8 Å². The molecule has 13 nitrogen and oxygen atoms in total. The molecule has 3 aliphatic heterocycles.